The molecule has 1 unspecified atom stereocenters. The largest absolute Gasteiger partial charge is 0.352 e. The molecule has 2 N–H and O–H groups in total. The first-order chi connectivity index (χ1) is 11.8. The second-order valence-electron chi connectivity index (χ2n) is 6.87. The molecule has 2 aromatic rings. The molecule has 1 aromatic carbocycles. The van der Waals surface area contributed by atoms with E-state index < -0.39 is 0 Å². The number of amides is 1. The summed E-state index contributed by atoms with van der Waals surface area (Å²) in [4.78, 5) is 12.6. The lowest BCUT2D eigenvalue weighted by Gasteiger charge is -2.11. The fraction of sp³-hybridized carbons (Fsp3) is 0.474. The van der Waals surface area contributed by atoms with Crippen molar-refractivity contribution in [2.24, 2.45) is 5.92 Å². The minimum absolute atomic E-state index is 0. The molecule has 1 aliphatic heterocycles. The molecule has 25 heavy (non-hydrogen) atoms. The zero-order chi connectivity index (χ0) is 16.4. The lowest BCUT2D eigenvalue weighted by molar-refractivity contribution is 0.0950. The fourth-order valence-electron chi connectivity index (χ4n) is 3.50. The molecule has 5 nitrogen and oxygen atoms in total. The highest BCUT2D eigenvalue weighted by Gasteiger charge is 2.32. The van der Waals surface area contributed by atoms with Gasteiger partial charge in [-0.3, -0.25) is 4.79 Å². The van der Waals surface area contributed by atoms with Crippen LogP contribution in [0.2, 0.25) is 0 Å². The van der Waals surface area contributed by atoms with E-state index in [1.165, 1.54) is 6.42 Å². The van der Waals surface area contributed by atoms with Gasteiger partial charge in [-0.1, -0.05) is 18.2 Å². The van der Waals surface area contributed by atoms with Crippen LogP contribution in [0, 0.1) is 5.92 Å². The van der Waals surface area contributed by atoms with Crippen LogP contribution >= 0.6 is 12.4 Å². The molecule has 0 spiro atoms. The Labute approximate surface area is 154 Å². The van der Waals surface area contributed by atoms with Gasteiger partial charge in [-0.05, 0) is 56.8 Å². The van der Waals surface area contributed by atoms with Crippen LogP contribution < -0.4 is 10.6 Å². The average Bonchev–Trinajstić information content (AvgIpc) is 3.14. The topological polar surface area (TPSA) is 59.0 Å². The lowest BCUT2D eigenvalue weighted by Crippen LogP contribution is -2.27. The summed E-state index contributed by atoms with van der Waals surface area (Å²) in [7, 11) is 0. The van der Waals surface area contributed by atoms with Crippen LogP contribution in [0.4, 0.5) is 0 Å². The van der Waals surface area contributed by atoms with Crippen molar-refractivity contribution in [3.63, 3.8) is 0 Å². The van der Waals surface area contributed by atoms with Crippen LogP contribution in [-0.2, 0) is 0 Å². The summed E-state index contributed by atoms with van der Waals surface area (Å²) in [5, 5.41) is 11.0. The van der Waals surface area contributed by atoms with Gasteiger partial charge in [-0.15, -0.1) is 12.4 Å². The van der Waals surface area contributed by atoms with E-state index >= 15 is 0 Å². The summed E-state index contributed by atoms with van der Waals surface area (Å²) in [6.07, 6.45) is 6.28. The number of nitrogens with one attached hydrogen (secondary N) is 2. The van der Waals surface area contributed by atoms with E-state index in [4.69, 9.17) is 0 Å². The molecule has 1 aliphatic carbocycles. The maximum atomic E-state index is 12.6. The monoisotopic (exact) mass is 360 g/mol. The van der Waals surface area contributed by atoms with Crippen molar-refractivity contribution >= 4 is 18.3 Å². The SMILES string of the molecule is Cl.O=C(NCCC1CCNC1)c1cnn(-c2ccccc2)c1C1CC1. The molecule has 2 heterocycles. The molecule has 0 bridgehead atoms. The van der Waals surface area contributed by atoms with Gasteiger partial charge < -0.3 is 10.6 Å². The zero-order valence-corrected chi connectivity index (χ0v) is 15.1. The predicted molar refractivity (Wildman–Crippen MR) is 101 cm³/mol. The van der Waals surface area contributed by atoms with E-state index in [9.17, 15) is 4.79 Å². The van der Waals surface area contributed by atoms with Gasteiger partial charge in [0.25, 0.3) is 5.91 Å². The van der Waals surface area contributed by atoms with Gasteiger partial charge in [-0.25, -0.2) is 4.68 Å². The Morgan fingerprint density at radius 2 is 2.04 bits per heavy atom. The van der Waals surface area contributed by atoms with Crippen LogP contribution in [0.3, 0.4) is 0 Å². The normalized spacial score (nSPS) is 19.4. The summed E-state index contributed by atoms with van der Waals surface area (Å²) in [5.41, 5.74) is 2.84. The van der Waals surface area contributed by atoms with Crippen molar-refractivity contribution in [1.82, 2.24) is 20.4 Å². The van der Waals surface area contributed by atoms with Gasteiger partial charge in [0, 0.05) is 12.5 Å². The van der Waals surface area contributed by atoms with Gasteiger partial charge in [0.05, 0.1) is 23.1 Å². The van der Waals surface area contributed by atoms with Crippen molar-refractivity contribution in [1.29, 1.82) is 0 Å². The molecule has 134 valence electrons. The Morgan fingerprint density at radius 3 is 2.72 bits per heavy atom. The molecule has 2 aliphatic rings. The third-order valence-corrected chi connectivity index (χ3v) is 5.02. The second-order valence-corrected chi connectivity index (χ2v) is 6.87. The third kappa shape index (κ3) is 4.05. The minimum atomic E-state index is 0. The van der Waals surface area contributed by atoms with Crippen molar-refractivity contribution in [2.45, 2.75) is 31.6 Å². The number of aromatic nitrogens is 2. The molecular weight excluding hydrogens is 336 g/mol. The number of rotatable bonds is 6. The van der Waals surface area contributed by atoms with Gasteiger partial charge in [-0.2, -0.15) is 5.10 Å². The van der Waals surface area contributed by atoms with Gasteiger partial charge >= 0.3 is 0 Å². The van der Waals surface area contributed by atoms with E-state index in [0.717, 1.165) is 55.8 Å². The number of halogens is 1. The Hall–Kier alpha value is -1.85. The summed E-state index contributed by atoms with van der Waals surface area (Å²) in [5.74, 6) is 1.18. The van der Waals surface area contributed by atoms with Crippen LogP contribution in [0.1, 0.15) is 47.7 Å². The Bertz CT molecular complexity index is 705. The maximum Gasteiger partial charge on any atom is 0.254 e. The van der Waals surface area contributed by atoms with Crippen molar-refractivity contribution < 1.29 is 4.79 Å². The summed E-state index contributed by atoms with van der Waals surface area (Å²) >= 11 is 0. The Balaban J connectivity index is 0.00000182. The molecule has 1 saturated heterocycles. The molecule has 1 saturated carbocycles. The van der Waals surface area contributed by atoms with Crippen molar-refractivity contribution in [3.05, 3.63) is 47.8 Å². The number of carbonyl (C=O) groups is 1. The Morgan fingerprint density at radius 1 is 1.24 bits per heavy atom. The highest BCUT2D eigenvalue weighted by Crippen LogP contribution is 2.42. The van der Waals surface area contributed by atoms with Crippen LogP contribution in [0.15, 0.2) is 36.5 Å². The van der Waals surface area contributed by atoms with E-state index in [2.05, 4.69) is 15.7 Å². The molecule has 4 rings (SSSR count). The molecule has 1 atom stereocenters. The van der Waals surface area contributed by atoms with Crippen LogP contribution in [-0.4, -0.2) is 35.3 Å². The minimum Gasteiger partial charge on any atom is -0.352 e. The van der Waals surface area contributed by atoms with Crippen molar-refractivity contribution in [3.8, 4) is 5.69 Å². The molecular formula is C19H25ClN4O. The zero-order valence-electron chi connectivity index (χ0n) is 14.3. The summed E-state index contributed by atoms with van der Waals surface area (Å²) in [6, 6.07) is 10.1. The van der Waals surface area contributed by atoms with E-state index in [0.29, 0.717) is 11.8 Å². The summed E-state index contributed by atoms with van der Waals surface area (Å²) < 4.78 is 1.94. The molecule has 2 fully saturated rings. The van der Waals surface area contributed by atoms with E-state index in [-0.39, 0.29) is 18.3 Å². The predicted octanol–water partition coefficient (Wildman–Crippen LogP) is 2.90. The standard InChI is InChI=1S/C19H24N4O.ClH/c24-19(21-11-9-14-8-10-20-12-14)17-13-22-23(18(17)15-6-7-15)16-4-2-1-3-5-16;/h1-5,13-15,20H,6-12H2,(H,21,24);1H. The van der Waals surface area contributed by atoms with Crippen LogP contribution in [0.25, 0.3) is 5.69 Å². The van der Waals surface area contributed by atoms with E-state index in [1.807, 2.05) is 35.0 Å². The Kier molecular flexibility index (Phi) is 5.76. The highest BCUT2D eigenvalue weighted by molar-refractivity contribution is 5.95. The number of benzene rings is 1. The number of para-hydroxylation sites is 1. The van der Waals surface area contributed by atoms with E-state index in [1.54, 1.807) is 6.20 Å². The lowest BCUT2D eigenvalue weighted by atomic mass is 10.1. The first kappa shape index (κ1) is 18.0. The fourth-order valence-corrected chi connectivity index (χ4v) is 3.50. The number of nitrogens with zero attached hydrogens (tertiary/aromatic N) is 2. The molecule has 1 amide bonds. The highest BCUT2D eigenvalue weighted by atomic mass is 35.5. The second kappa shape index (κ2) is 8.02. The molecule has 0 radical (unpaired) electrons. The number of carbonyl (C=O) groups excluding carboxylic acids is 1. The van der Waals surface area contributed by atoms with Gasteiger partial charge in [0.1, 0.15) is 0 Å². The smallest absolute Gasteiger partial charge is 0.254 e. The third-order valence-electron chi connectivity index (χ3n) is 5.02. The number of hydrogen-bond acceptors (Lipinski definition) is 3. The van der Waals surface area contributed by atoms with Gasteiger partial charge in [0.2, 0.25) is 0 Å². The quantitative estimate of drug-likeness (QED) is 0.832. The van der Waals surface area contributed by atoms with Crippen molar-refractivity contribution in [2.75, 3.05) is 19.6 Å². The maximum absolute atomic E-state index is 12.6. The average molecular weight is 361 g/mol. The summed E-state index contributed by atoms with van der Waals surface area (Å²) in [6.45, 7) is 2.93. The first-order valence-corrected chi connectivity index (χ1v) is 8.95. The molecule has 6 heteroatoms. The molecule has 1 aromatic heterocycles. The van der Waals surface area contributed by atoms with Crippen LogP contribution in [0.5, 0.6) is 0 Å². The van der Waals surface area contributed by atoms with Gasteiger partial charge in [0.15, 0.2) is 0 Å². The number of hydrogen-bond donors (Lipinski definition) is 2. The first-order valence-electron chi connectivity index (χ1n) is 8.95.